The van der Waals surface area contributed by atoms with E-state index in [1.54, 1.807) is 18.2 Å². The van der Waals surface area contributed by atoms with Crippen LogP contribution in [-0.4, -0.2) is 35.8 Å². The molecule has 1 aromatic heterocycles. The lowest BCUT2D eigenvalue weighted by molar-refractivity contribution is -0.119. The molecule has 1 aliphatic rings. The SMILES string of the molecule is O=C(Nc1cccc(C#CCO)n1)C1CCOC1. The van der Waals surface area contributed by atoms with Crippen LogP contribution >= 0.6 is 0 Å². The van der Waals surface area contributed by atoms with Gasteiger partial charge in [-0.1, -0.05) is 12.0 Å². The lowest BCUT2D eigenvalue weighted by Gasteiger charge is -2.08. The van der Waals surface area contributed by atoms with Crippen LogP contribution < -0.4 is 5.32 Å². The molecule has 5 heteroatoms. The molecule has 94 valence electrons. The van der Waals surface area contributed by atoms with Crippen molar-refractivity contribution in [2.75, 3.05) is 25.1 Å². The molecule has 18 heavy (non-hydrogen) atoms. The molecule has 0 aromatic carbocycles. The van der Waals surface area contributed by atoms with E-state index in [4.69, 9.17) is 9.84 Å². The molecule has 0 bridgehead atoms. The number of carbonyl (C=O) groups is 1. The predicted octanol–water partition coefficient (Wildman–Crippen LogP) is 0.400. The quantitative estimate of drug-likeness (QED) is 0.741. The van der Waals surface area contributed by atoms with Crippen molar-refractivity contribution in [1.29, 1.82) is 0 Å². The average molecular weight is 246 g/mol. The van der Waals surface area contributed by atoms with Gasteiger partial charge in [-0.25, -0.2) is 4.98 Å². The summed E-state index contributed by atoms with van der Waals surface area (Å²) >= 11 is 0. The number of anilines is 1. The first-order valence-electron chi connectivity index (χ1n) is 5.75. The summed E-state index contributed by atoms with van der Waals surface area (Å²) in [5, 5.41) is 11.3. The second-order valence-electron chi connectivity index (χ2n) is 3.92. The summed E-state index contributed by atoms with van der Waals surface area (Å²) in [6.07, 6.45) is 0.746. The minimum absolute atomic E-state index is 0.0766. The van der Waals surface area contributed by atoms with Crippen LogP contribution in [0.3, 0.4) is 0 Å². The third kappa shape index (κ3) is 3.29. The minimum Gasteiger partial charge on any atom is -0.384 e. The van der Waals surface area contributed by atoms with Gasteiger partial charge >= 0.3 is 0 Å². The van der Waals surface area contributed by atoms with Crippen molar-refractivity contribution in [3.8, 4) is 11.8 Å². The number of rotatable bonds is 2. The highest BCUT2D eigenvalue weighted by molar-refractivity contribution is 5.91. The van der Waals surface area contributed by atoms with E-state index in [0.29, 0.717) is 24.7 Å². The molecule has 1 saturated heterocycles. The van der Waals surface area contributed by atoms with Crippen LogP contribution in [0.4, 0.5) is 5.82 Å². The summed E-state index contributed by atoms with van der Waals surface area (Å²) in [5.41, 5.74) is 0.518. The average Bonchev–Trinajstić information content (AvgIpc) is 2.91. The highest BCUT2D eigenvalue weighted by atomic mass is 16.5. The maximum atomic E-state index is 11.8. The first-order valence-corrected chi connectivity index (χ1v) is 5.75. The second-order valence-corrected chi connectivity index (χ2v) is 3.92. The van der Waals surface area contributed by atoms with E-state index >= 15 is 0 Å². The Morgan fingerprint density at radius 2 is 2.50 bits per heavy atom. The molecule has 1 atom stereocenters. The molecule has 1 aromatic rings. The van der Waals surface area contributed by atoms with Crippen molar-refractivity contribution in [3.63, 3.8) is 0 Å². The van der Waals surface area contributed by atoms with Gasteiger partial charge < -0.3 is 15.2 Å². The molecule has 2 rings (SSSR count). The van der Waals surface area contributed by atoms with Gasteiger partial charge in [-0.15, -0.1) is 0 Å². The normalized spacial score (nSPS) is 17.9. The molecular formula is C13H14N2O3. The first-order chi connectivity index (χ1) is 8.79. The fourth-order valence-electron chi connectivity index (χ4n) is 1.67. The molecule has 1 aliphatic heterocycles. The molecule has 2 heterocycles. The summed E-state index contributed by atoms with van der Waals surface area (Å²) in [4.78, 5) is 16.0. The zero-order valence-electron chi connectivity index (χ0n) is 9.85. The number of amides is 1. The molecule has 0 saturated carbocycles. The maximum Gasteiger partial charge on any atom is 0.231 e. The van der Waals surface area contributed by atoms with Gasteiger partial charge in [0.2, 0.25) is 5.91 Å². The van der Waals surface area contributed by atoms with Crippen molar-refractivity contribution >= 4 is 11.7 Å². The number of hydrogen-bond acceptors (Lipinski definition) is 4. The maximum absolute atomic E-state index is 11.8. The molecule has 1 fully saturated rings. The largest absolute Gasteiger partial charge is 0.384 e. The third-order valence-corrected chi connectivity index (χ3v) is 2.60. The van der Waals surface area contributed by atoms with E-state index in [1.807, 2.05) is 0 Å². The van der Waals surface area contributed by atoms with E-state index < -0.39 is 0 Å². The number of nitrogens with zero attached hydrogens (tertiary/aromatic N) is 1. The zero-order valence-corrected chi connectivity index (χ0v) is 9.85. The van der Waals surface area contributed by atoms with E-state index in [-0.39, 0.29) is 18.4 Å². The Morgan fingerprint density at radius 1 is 1.61 bits per heavy atom. The van der Waals surface area contributed by atoms with Gasteiger partial charge in [0, 0.05) is 6.61 Å². The van der Waals surface area contributed by atoms with Gasteiger partial charge in [-0.3, -0.25) is 4.79 Å². The Balaban J connectivity index is 2.02. The molecule has 0 aliphatic carbocycles. The molecule has 1 amide bonds. The van der Waals surface area contributed by atoms with E-state index in [9.17, 15) is 4.79 Å². The van der Waals surface area contributed by atoms with Crippen molar-refractivity contribution in [2.24, 2.45) is 5.92 Å². The monoisotopic (exact) mass is 246 g/mol. The van der Waals surface area contributed by atoms with Crippen LogP contribution in [0, 0.1) is 17.8 Å². The Labute approximate surface area is 105 Å². The molecule has 0 spiro atoms. The summed E-state index contributed by atoms with van der Waals surface area (Å²) < 4.78 is 5.16. The number of aliphatic hydroxyl groups excluding tert-OH is 1. The first kappa shape index (κ1) is 12.6. The third-order valence-electron chi connectivity index (χ3n) is 2.60. The Hall–Kier alpha value is -1.90. The zero-order chi connectivity index (χ0) is 12.8. The Bertz CT molecular complexity index is 484. The van der Waals surface area contributed by atoms with Crippen LogP contribution in [0.25, 0.3) is 0 Å². The molecular weight excluding hydrogens is 232 g/mol. The number of ether oxygens (including phenoxy) is 1. The van der Waals surface area contributed by atoms with Crippen LogP contribution in [0.5, 0.6) is 0 Å². The van der Waals surface area contributed by atoms with Crippen molar-refractivity contribution in [3.05, 3.63) is 23.9 Å². The van der Waals surface area contributed by atoms with E-state index in [1.165, 1.54) is 0 Å². The lowest BCUT2D eigenvalue weighted by atomic mass is 10.1. The topological polar surface area (TPSA) is 71.5 Å². The molecule has 0 radical (unpaired) electrons. The van der Waals surface area contributed by atoms with Gasteiger partial charge in [0.25, 0.3) is 0 Å². The van der Waals surface area contributed by atoms with E-state index in [2.05, 4.69) is 22.1 Å². The minimum atomic E-state index is -0.211. The number of aromatic nitrogens is 1. The van der Waals surface area contributed by atoms with Gasteiger partial charge in [-0.05, 0) is 24.5 Å². The smallest absolute Gasteiger partial charge is 0.231 e. The molecule has 2 N–H and O–H groups in total. The number of aliphatic hydroxyl groups is 1. The Morgan fingerprint density at radius 3 is 3.22 bits per heavy atom. The number of carbonyl (C=O) groups excluding carboxylic acids is 1. The van der Waals surface area contributed by atoms with Crippen LogP contribution in [0.1, 0.15) is 12.1 Å². The van der Waals surface area contributed by atoms with Crippen LogP contribution in [-0.2, 0) is 9.53 Å². The van der Waals surface area contributed by atoms with Crippen molar-refractivity contribution in [2.45, 2.75) is 6.42 Å². The standard InChI is InChI=1S/C13H14N2O3/c16-7-2-4-11-3-1-5-12(14-11)15-13(17)10-6-8-18-9-10/h1,3,5,10,16H,6-9H2,(H,14,15,17). The summed E-state index contributed by atoms with van der Waals surface area (Å²) in [6.45, 7) is 0.890. The van der Waals surface area contributed by atoms with Crippen LogP contribution in [0.15, 0.2) is 18.2 Å². The number of hydrogen-bond donors (Lipinski definition) is 2. The number of nitrogens with one attached hydrogen (secondary N) is 1. The van der Waals surface area contributed by atoms with Gasteiger partial charge in [-0.2, -0.15) is 0 Å². The van der Waals surface area contributed by atoms with Crippen molar-refractivity contribution < 1.29 is 14.6 Å². The van der Waals surface area contributed by atoms with Crippen molar-refractivity contribution in [1.82, 2.24) is 4.98 Å². The fourth-order valence-corrected chi connectivity index (χ4v) is 1.67. The second kappa shape index (κ2) is 6.15. The lowest BCUT2D eigenvalue weighted by Crippen LogP contribution is -2.23. The summed E-state index contributed by atoms with van der Waals surface area (Å²) in [5.74, 6) is 5.50. The Kier molecular flexibility index (Phi) is 4.29. The highest BCUT2D eigenvalue weighted by Crippen LogP contribution is 2.14. The highest BCUT2D eigenvalue weighted by Gasteiger charge is 2.23. The van der Waals surface area contributed by atoms with Gasteiger partial charge in [0.05, 0.1) is 12.5 Å². The summed E-state index contributed by atoms with van der Waals surface area (Å²) in [7, 11) is 0. The summed E-state index contributed by atoms with van der Waals surface area (Å²) in [6, 6.07) is 5.18. The van der Waals surface area contributed by atoms with Gasteiger partial charge in [0.1, 0.15) is 18.1 Å². The predicted molar refractivity (Wildman–Crippen MR) is 65.8 cm³/mol. The molecule has 1 unspecified atom stereocenters. The van der Waals surface area contributed by atoms with Crippen LogP contribution in [0.2, 0.25) is 0 Å². The van der Waals surface area contributed by atoms with Gasteiger partial charge in [0.15, 0.2) is 0 Å². The fraction of sp³-hybridized carbons (Fsp3) is 0.385. The number of pyridine rings is 1. The van der Waals surface area contributed by atoms with E-state index in [0.717, 1.165) is 6.42 Å². The molecule has 5 nitrogen and oxygen atoms in total.